The average Bonchev–Trinajstić information content (AvgIpc) is 3.04. The third kappa shape index (κ3) is 34.2. The number of hydrogen-bond donors (Lipinski definition) is 1. The largest absolute Gasteiger partial charge is 0.778 e. The minimum atomic E-state index is -4.09. The van der Waals surface area contributed by atoms with Crippen LogP contribution in [0.1, 0.15) is 174 Å². The van der Waals surface area contributed by atoms with Crippen molar-refractivity contribution < 1.29 is 38.8 Å². The second-order valence-electron chi connectivity index (χ2n) is 12.9. The zero-order valence-electron chi connectivity index (χ0n) is 30.4. The number of carbonyl (C=O) groups excluding carboxylic acids is 2. The maximum atomic E-state index is 12.5. The highest BCUT2D eigenvalue weighted by Crippen LogP contribution is 2.35. The van der Waals surface area contributed by atoms with Crippen LogP contribution in [0.4, 0.5) is 0 Å². The van der Waals surface area contributed by atoms with E-state index in [1.807, 2.05) is 0 Å². The molecule has 2 atom stereocenters. The van der Waals surface area contributed by atoms with E-state index in [2.05, 4.69) is 43.9 Å². The first kappa shape index (κ1) is 45.5. The Kier molecular flexibility index (Phi) is 33.3. The Bertz CT molecular complexity index is 833. The summed E-state index contributed by atoms with van der Waals surface area (Å²) in [7, 11) is -4.09. The molecule has 47 heavy (non-hydrogen) atoms. The summed E-state index contributed by atoms with van der Waals surface area (Å²) in [5, 5.41) is 0. The molecule has 0 fully saturated rings. The van der Waals surface area contributed by atoms with Crippen molar-refractivity contribution in [2.24, 2.45) is 0 Å². The topological polar surface area (TPSA) is 130 Å². The summed E-state index contributed by atoms with van der Waals surface area (Å²) >= 11 is 0. The molecule has 0 aliphatic carbocycles. The number of allylic oxidation sites excluding steroid dienone is 4. The van der Waals surface area contributed by atoms with Gasteiger partial charge in [-0.15, -0.1) is 0 Å². The van der Waals surface area contributed by atoms with E-state index in [1.54, 1.807) is 0 Å². The molecule has 0 heterocycles. The van der Waals surface area contributed by atoms with Gasteiger partial charge in [0.25, 0.3) is 0 Å². The number of rotatable bonds is 35. The van der Waals surface area contributed by atoms with Crippen LogP contribution < -0.4 is 10.6 Å². The van der Waals surface area contributed by atoms with Crippen LogP contribution in [0.5, 0.6) is 0 Å². The van der Waals surface area contributed by atoms with Crippen molar-refractivity contribution in [3.63, 3.8) is 0 Å². The number of hydrogen-bond acceptors (Lipinski definition) is 7. The smallest absolute Gasteiger partial charge is 0.306 e. The van der Waals surface area contributed by atoms with E-state index in [9.17, 15) is 19.0 Å². The van der Waals surface area contributed by atoms with Crippen molar-refractivity contribution in [2.45, 2.75) is 180 Å². The number of carbonyl (C=O) groups is 2. The highest BCUT2D eigenvalue weighted by Gasteiger charge is 2.20. The molecule has 0 aliphatic rings. The minimum absolute atomic E-state index is 0.185. The number of unbranched alkanes of at least 4 members (excludes halogenated alkanes) is 19. The third-order valence-electron chi connectivity index (χ3n) is 8.15. The van der Waals surface area contributed by atoms with Gasteiger partial charge in [-0.2, -0.15) is 0 Å². The van der Waals surface area contributed by atoms with E-state index in [-0.39, 0.29) is 44.7 Å². The lowest BCUT2D eigenvalue weighted by Gasteiger charge is -2.25. The molecule has 276 valence electrons. The summed E-state index contributed by atoms with van der Waals surface area (Å²) in [5.74, 6) is -0.812. The van der Waals surface area contributed by atoms with E-state index >= 15 is 0 Å². The lowest BCUT2D eigenvalue weighted by Crippen LogP contribution is -2.52. The fourth-order valence-corrected chi connectivity index (χ4v) is 6.13. The summed E-state index contributed by atoms with van der Waals surface area (Å²) in [6.07, 6.45) is 35.0. The van der Waals surface area contributed by atoms with Gasteiger partial charge in [-0.3, -0.25) is 9.59 Å². The predicted octanol–water partition coefficient (Wildman–Crippen LogP) is 9.16. The molecule has 0 spiro atoms. The fourth-order valence-electron chi connectivity index (χ4n) is 5.22. The van der Waals surface area contributed by atoms with Gasteiger partial charge in [0.15, 0.2) is 6.10 Å². The summed E-state index contributed by atoms with van der Waals surface area (Å²) in [5.41, 5.74) is 3.55. The molecule has 0 rings (SSSR count). The Hall–Kier alpha value is -1.47. The highest BCUT2D eigenvalue weighted by atomic mass is 31.2. The van der Waals surface area contributed by atoms with Gasteiger partial charge in [-0.25, -0.2) is 0 Å². The van der Waals surface area contributed by atoms with Gasteiger partial charge in [-0.05, 0) is 64.2 Å². The van der Waals surface area contributed by atoms with Crippen molar-refractivity contribution in [1.29, 1.82) is 0 Å². The fraction of sp³-hybridized carbons (Fsp3) is 0.842. The third-order valence-corrected chi connectivity index (χ3v) is 9.56. The number of ether oxygens (including phenoxy) is 2. The predicted molar refractivity (Wildman–Crippen MR) is 192 cm³/mol. The number of quaternary nitrogens is 1. The van der Waals surface area contributed by atoms with Crippen LogP contribution in [0.25, 0.3) is 0 Å². The van der Waals surface area contributed by atoms with Crippen LogP contribution in [0.3, 0.4) is 0 Å². The molecule has 0 aromatic heterocycles. The Morgan fingerprint density at radius 3 is 1.49 bits per heavy atom. The van der Waals surface area contributed by atoms with Gasteiger partial charge in [-0.1, -0.05) is 122 Å². The zero-order valence-corrected chi connectivity index (χ0v) is 31.3. The number of esters is 2. The first-order chi connectivity index (χ1) is 22.8. The van der Waals surface area contributed by atoms with Crippen LogP contribution >= 0.6 is 7.60 Å². The first-order valence-electron chi connectivity index (χ1n) is 19.2. The monoisotopic (exact) mass is 686 g/mol. The SMILES string of the molecule is CCCCCCC/C=C\CCCCCC(=O)OC[C@H](COP(=O)([O-])CC[NH3+])OC(=O)CCCCCCC/C=C\CCCCCCCC. The summed E-state index contributed by atoms with van der Waals surface area (Å²) in [6.45, 7) is 4.08. The van der Waals surface area contributed by atoms with Gasteiger partial charge in [0.2, 0.25) is 0 Å². The second-order valence-corrected chi connectivity index (χ2v) is 14.8. The van der Waals surface area contributed by atoms with Gasteiger partial charge in [0, 0.05) is 12.8 Å². The van der Waals surface area contributed by atoms with E-state index in [0.717, 1.165) is 64.2 Å². The summed E-state index contributed by atoms with van der Waals surface area (Å²) in [6, 6.07) is 0. The van der Waals surface area contributed by atoms with E-state index in [4.69, 9.17) is 14.0 Å². The normalized spacial score (nSPS) is 13.7. The van der Waals surface area contributed by atoms with Crippen molar-refractivity contribution in [3.8, 4) is 0 Å². The van der Waals surface area contributed by atoms with Crippen molar-refractivity contribution in [1.82, 2.24) is 0 Å². The Morgan fingerprint density at radius 2 is 1.02 bits per heavy atom. The van der Waals surface area contributed by atoms with Crippen LogP contribution in [-0.2, 0) is 28.2 Å². The molecule has 0 aliphatic heterocycles. The van der Waals surface area contributed by atoms with E-state index < -0.39 is 19.7 Å². The maximum Gasteiger partial charge on any atom is 0.306 e. The average molecular weight is 686 g/mol. The Morgan fingerprint density at radius 1 is 0.617 bits per heavy atom. The molecular formula is C38H72NO7P. The molecule has 0 saturated carbocycles. The molecule has 9 heteroatoms. The molecule has 0 saturated heterocycles. The molecule has 3 N–H and O–H groups in total. The molecule has 1 unspecified atom stereocenters. The van der Waals surface area contributed by atoms with Crippen molar-refractivity contribution in [3.05, 3.63) is 24.3 Å². The molecule has 0 bridgehead atoms. The highest BCUT2D eigenvalue weighted by molar-refractivity contribution is 7.51. The molecule has 0 aromatic carbocycles. The quantitative estimate of drug-likeness (QED) is 0.0305. The second kappa shape index (κ2) is 34.4. The van der Waals surface area contributed by atoms with Crippen LogP contribution in [-0.4, -0.2) is 44.0 Å². The lowest BCUT2D eigenvalue weighted by molar-refractivity contribution is -0.362. The summed E-state index contributed by atoms with van der Waals surface area (Å²) < 4.78 is 27.9. The molecule has 0 amide bonds. The molecule has 0 aromatic rings. The molecular weight excluding hydrogens is 613 g/mol. The Labute approximate surface area is 288 Å². The van der Waals surface area contributed by atoms with Gasteiger partial charge < -0.3 is 29.2 Å². The van der Waals surface area contributed by atoms with Crippen molar-refractivity contribution in [2.75, 3.05) is 25.9 Å². The van der Waals surface area contributed by atoms with Crippen LogP contribution in [0.2, 0.25) is 0 Å². The van der Waals surface area contributed by atoms with Gasteiger partial charge >= 0.3 is 11.9 Å². The van der Waals surface area contributed by atoms with E-state index in [1.165, 1.54) is 77.0 Å². The van der Waals surface area contributed by atoms with Gasteiger partial charge in [0.1, 0.15) is 14.2 Å². The van der Waals surface area contributed by atoms with Crippen LogP contribution in [0, 0.1) is 0 Å². The van der Waals surface area contributed by atoms with Gasteiger partial charge in [0.05, 0.1) is 19.3 Å². The first-order valence-corrected chi connectivity index (χ1v) is 21.0. The minimum Gasteiger partial charge on any atom is -0.778 e. The summed E-state index contributed by atoms with van der Waals surface area (Å²) in [4.78, 5) is 36.8. The van der Waals surface area contributed by atoms with E-state index in [0.29, 0.717) is 6.42 Å². The maximum absolute atomic E-state index is 12.5. The van der Waals surface area contributed by atoms with Crippen molar-refractivity contribution >= 4 is 19.5 Å². The molecule has 0 radical (unpaired) electrons. The Balaban J connectivity index is 4.18. The zero-order chi connectivity index (χ0) is 34.7. The molecule has 8 nitrogen and oxygen atoms in total. The van der Waals surface area contributed by atoms with Crippen LogP contribution in [0.15, 0.2) is 24.3 Å². The lowest BCUT2D eigenvalue weighted by atomic mass is 10.1. The standard InChI is InChI=1S/C38H72NO7P/c1-3-5-7-9-11-13-15-17-18-19-21-23-25-27-29-31-38(41)46-36(35-45-47(42,43)33-32-39)34-44-37(40)30-28-26-24-22-20-16-14-12-10-8-6-4-2/h16-18,20,36H,3-15,19,21-35,39H2,1-2H3,(H,42,43)/b18-17-,20-16-/t36-/m1/s1.